The summed E-state index contributed by atoms with van der Waals surface area (Å²) in [7, 11) is 0. The van der Waals surface area contributed by atoms with Gasteiger partial charge in [0.05, 0.1) is 5.02 Å². The molecule has 3 heteroatoms. The van der Waals surface area contributed by atoms with Crippen molar-refractivity contribution in [3.05, 3.63) is 34.6 Å². The molecule has 0 aromatic heterocycles. The number of benzene rings is 1. The molecule has 5 rings (SSSR count). The fourth-order valence-electron chi connectivity index (χ4n) is 5.14. The smallest absolute Gasteiger partial charge is 0.141 e. The lowest BCUT2D eigenvalue weighted by molar-refractivity contribution is -0.0142. The van der Waals surface area contributed by atoms with Crippen LogP contribution in [-0.2, 0) is 6.54 Å². The van der Waals surface area contributed by atoms with Gasteiger partial charge in [-0.15, -0.1) is 0 Å². The second kappa shape index (κ2) is 4.99. The van der Waals surface area contributed by atoms with Crippen LogP contribution in [0.25, 0.3) is 0 Å². The molecule has 0 spiro atoms. The zero-order valence-corrected chi connectivity index (χ0v) is 12.4. The summed E-state index contributed by atoms with van der Waals surface area (Å²) in [5.41, 5.74) is 1.09. The third-order valence-electron chi connectivity index (χ3n) is 5.75. The molecule has 108 valence electrons. The lowest BCUT2D eigenvalue weighted by atomic mass is 9.54. The Morgan fingerprint density at radius 1 is 1.05 bits per heavy atom. The molecule has 20 heavy (non-hydrogen) atoms. The first-order valence-corrected chi connectivity index (χ1v) is 8.24. The summed E-state index contributed by atoms with van der Waals surface area (Å²) in [6, 6.07) is 5.73. The van der Waals surface area contributed by atoms with E-state index in [1.165, 1.54) is 38.2 Å². The summed E-state index contributed by atoms with van der Waals surface area (Å²) >= 11 is 5.85. The minimum absolute atomic E-state index is 0.231. The molecule has 4 fully saturated rings. The summed E-state index contributed by atoms with van der Waals surface area (Å²) < 4.78 is 13.2. The summed E-state index contributed by atoms with van der Waals surface area (Å²) in [6.45, 7) is 0.812. The van der Waals surface area contributed by atoms with Crippen LogP contribution in [-0.4, -0.2) is 6.04 Å². The van der Waals surface area contributed by atoms with Crippen LogP contribution in [0.3, 0.4) is 0 Å². The molecule has 0 heterocycles. The molecule has 1 N–H and O–H groups in total. The maximum absolute atomic E-state index is 13.2. The van der Waals surface area contributed by atoms with Crippen molar-refractivity contribution in [3.63, 3.8) is 0 Å². The zero-order chi connectivity index (χ0) is 13.7. The highest BCUT2D eigenvalue weighted by Gasteiger charge is 2.47. The van der Waals surface area contributed by atoms with Gasteiger partial charge in [0, 0.05) is 12.6 Å². The number of halogens is 2. The second-order valence-corrected chi connectivity index (χ2v) is 7.49. The Hall–Kier alpha value is -0.600. The SMILES string of the molecule is Fc1ccc(CNC2C3CC4CC(C3)CC2C4)cc1Cl. The van der Waals surface area contributed by atoms with Gasteiger partial charge in [-0.25, -0.2) is 4.39 Å². The van der Waals surface area contributed by atoms with Crippen LogP contribution in [0.4, 0.5) is 4.39 Å². The molecule has 1 aromatic carbocycles. The third kappa shape index (κ3) is 2.27. The first-order valence-electron chi connectivity index (χ1n) is 7.86. The van der Waals surface area contributed by atoms with E-state index in [0.717, 1.165) is 35.8 Å². The number of hydrogen-bond donors (Lipinski definition) is 1. The molecule has 4 aliphatic rings. The van der Waals surface area contributed by atoms with Gasteiger partial charge < -0.3 is 5.32 Å². The molecule has 4 saturated carbocycles. The molecular formula is C17H21ClFN. The number of rotatable bonds is 3. The predicted octanol–water partition coefficient (Wildman–Crippen LogP) is 4.39. The molecular weight excluding hydrogens is 273 g/mol. The van der Waals surface area contributed by atoms with Crippen LogP contribution in [0.15, 0.2) is 18.2 Å². The minimum atomic E-state index is -0.329. The van der Waals surface area contributed by atoms with Crippen LogP contribution in [0.1, 0.15) is 37.7 Å². The maximum atomic E-state index is 13.2. The molecule has 0 unspecified atom stereocenters. The molecule has 4 aliphatic carbocycles. The van der Waals surface area contributed by atoms with Gasteiger partial charge in [0.15, 0.2) is 0 Å². The van der Waals surface area contributed by atoms with Gasteiger partial charge in [0.25, 0.3) is 0 Å². The van der Waals surface area contributed by atoms with Crippen molar-refractivity contribution < 1.29 is 4.39 Å². The maximum Gasteiger partial charge on any atom is 0.141 e. The van der Waals surface area contributed by atoms with Gasteiger partial charge >= 0.3 is 0 Å². The van der Waals surface area contributed by atoms with Crippen molar-refractivity contribution in [1.29, 1.82) is 0 Å². The van der Waals surface area contributed by atoms with E-state index in [1.807, 2.05) is 6.07 Å². The molecule has 4 bridgehead atoms. The Morgan fingerprint density at radius 3 is 2.30 bits per heavy atom. The van der Waals surface area contributed by atoms with Gasteiger partial charge in [0.1, 0.15) is 5.82 Å². The van der Waals surface area contributed by atoms with Gasteiger partial charge in [-0.3, -0.25) is 0 Å². The van der Waals surface area contributed by atoms with Crippen molar-refractivity contribution in [2.24, 2.45) is 23.7 Å². The summed E-state index contributed by atoms with van der Waals surface area (Å²) in [5, 5.41) is 3.98. The van der Waals surface area contributed by atoms with Crippen molar-refractivity contribution in [3.8, 4) is 0 Å². The fraction of sp³-hybridized carbons (Fsp3) is 0.647. The quantitative estimate of drug-likeness (QED) is 0.871. The van der Waals surface area contributed by atoms with Crippen LogP contribution in [0, 0.1) is 29.5 Å². The minimum Gasteiger partial charge on any atom is -0.309 e. The highest BCUT2D eigenvalue weighted by Crippen LogP contribution is 2.53. The summed E-state index contributed by atoms with van der Waals surface area (Å²) in [5.74, 6) is 3.45. The zero-order valence-electron chi connectivity index (χ0n) is 11.6. The average molecular weight is 294 g/mol. The topological polar surface area (TPSA) is 12.0 Å². The number of nitrogens with one attached hydrogen (secondary N) is 1. The molecule has 1 nitrogen and oxygen atoms in total. The van der Waals surface area contributed by atoms with E-state index in [4.69, 9.17) is 11.6 Å². The Labute approximate surface area is 124 Å². The van der Waals surface area contributed by atoms with Crippen molar-refractivity contribution in [2.75, 3.05) is 0 Å². The highest BCUT2D eigenvalue weighted by atomic mass is 35.5. The van der Waals surface area contributed by atoms with Crippen molar-refractivity contribution in [2.45, 2.75) is 44.7 Å². The van der Waals surface area contributed by atoms with E-state index < -0.39 is 0 Å². The van der Waals surface area contributed by atoms with E-state index in [0.29, 0.717) is 6.04 Å². The monoisotopic (exact) mass is 293 g/mol. The van der Waals surface area contributed by atoms with Crippen LogP contribution in [0.2, 0.25) is 5.02 Å². The van der Waals surface area contributed by atoms with Crippen LogP contribution in [0.5, 0.6) is 0 Å². The van der Waals surface area contributed by atoms with Gasteiger partial charge in [-0.2, -0.15) is 0 Å². The molecule has 0 atom stereocenters. The van der Waals surface area contributed by atoms with Crippen LogP contribution < -0.4 is 5.32 Å². The van der Waals surface area contributed by atoms with Crippen molar-refractivity contribution >= 4 is 11.6 Å². The van der Waals surface area contributed by atoms with Crippen molar-refractivity contribution in [1.82, 2.24) is 5.32 Å². The Bertz CT molecular complexity index is 488. The van der Waals surface area contributed by atoms with Gasteiger partial charge in [-0.05, 0) is 73.5 Å². The molecule has 0 amide bonds. The molecule has 0 saturated heterocycles. The highest BCUT2D eigenvalue weighted by molar-refractivity contribution is 6.30. The average Bonchev–Trinajstić information content (AvgIpc) is 2.41. The molecule has 1 aromatic rings. The molecule has 0 aliphatic heterocycles. The molecule has 0 radical (unpaired) electrons. The fourth-order valence-corrected chi connectivity index (χ4v) is 5.35. The Morgan fingerprint density at radius 2 is 1.70 bits per heavy atom. The Balaban J connectivity index is 1.43. The van der Waals surface area contributed by atoms with E-state index >= 15 is 0 Å². The largest absolute Gasteiger partial charge is 0.309 e. The first-order chi connectivity index (χ1) is 9.69. The normalized spacial score (nSPS) is 38.4. The lowest BCUT2D eigenvalue weighted by Crippen LogP contribution is -2.54. The Kier molecular flexibility index (Phi) is 3.27. The van der Waals surface area contributed by atoms with E-state index in [1.54, 1.807) is 6.07 Å². The van der Waals surface area contributed by atoms with Gasteiger partial charge in [0.2, 0.25) is 0 Å². The predicted molar refractivity (Wildman–Crippen MR) is 79.1 cm³/mol. The lowest BCUT2D eigenvalue weighted by Gasteiger charge is -2.54. The summed E-state index contributed by atoms with van der Waals surface area (Å²) in [4.78, 5) is 0. The third-order valence-corrected chi connectivity index (χ3v) is 6.04. The van der Waals surface area contributed by atoms with E-state index in [-0.39, 0.29) is 10.8 Å². The first kappa shape index (κ1) is 13.1. The van der Waals surface area contributed by atoms with Crippen LogP contribution >= 0.6 is 11.6 Å². The summed E-state index contributed by atoms with van der Waals surface area (Å²) in [6.07, 6.45) is 7.20. The van der Waals surface area contributed by atoms with E-state index in [9.17, 15) is 4.39 Å². The second-order valence-electron chi connectivity index (χ2n) is 7.09. The van der Waals surface area contributed by atoms with Gasteiger partial charge in [-0.1, -0.05) is 17.7 Å². The van der Waals surface area contributed by atoms with E-state index in [2.05, 4.69) is 5.32 Å². The number of hydrogen-bond acceptors (Lipinski definition) is 1. The standard InChI is InChI=1S/C17H21ClFN/c18-15-8-10(1-2-16(15)19)9-20-17-13-4-11-3-12(6-13)7-14(17)5-11/h1-2,8,11-14,17,20H,3-7,9H2.